The molecule has 21 heavy (non-hydrogen) atoms. The van der Waals surface area contributed by atoms with Crippen molar-refractivity contribution in [3.8, 4) is 0 Å². The van der Waals surface area contributed by atoms with Crippen LogP contribution in [0.3, 0.4) is 0 Å². The minimum Gasteiger partial charge on any atom is -0.326 e. The van der Waals surface area contributed by atoms with Gasteiger partial charge in [0.05, 0.1) is 0 Å². The molecule has 0 spiro atoms. The third-order valence-corrected chi connectivity index (χ3v) is 3.53. The maximum absolute atomic E-state index is 12.1. The zero-order valence-electron chi connectivity index (χ0n) is 11.7. The van der Waals surface area contributed by atoms with Crippen LogP contribution in [0.1, 0.15) is 31.2 Å². The van der Waals surface area contributed by atoms with E-state index >= 15 is 0 Å². The van der Waals surface area contributed by atoms with Crippen molar-refractivity contribution < 1.29 is 18.0 Å². The number of carbonyl (C=O) groups is 1. The molecule has 116 valence electrons. The number of aryl methyl sites for hydroxylation is 1. The largest absolute Gasteiger partial charge is 0.389 e. The van der Waals surface area contributed by atoms with Crippen LogP contribution in [0.15, 0.2) is 24.3 Å². The molecule has 1 aliphatic heterocycles. The number of amides is 1. The molecule has 1 aliphatic rings. The topological polar surface area (TPSA) is 41.1 Å². The molecule has 0 aliphatic carbocycles. The number of alkyl halides is 3. The maximum Gasteiger partial charge on any atom is 0.389 e. The van der Waals surface area contributed by atoms with Crippen molar-refractivity contribution in [2.24, 2.45) is 0 Å². The Bertz CT molecular complexity index is 465. The van der Waals surface area contributed by atoms with Gasteiger partial charge in [0.1, 0.15) is 0 Å². The fourth-order valence-corrected chi connectivity index (χ4v) is 2.41. The van der Waals surface area contributed by atoms with E-state index in [0.717, 1.165) is 19.4 Å². The Morgan fingerprint density at radius 3 is 2.57 bits per heavy atom. The van der Waals surface area contributed by atoms with Crippen LogP contribution in [0.2, 0.25) is 0 Å². The van der Waals surface area contributed by atoms with E-state index in [0.29, 0.717) is 17.7 Å². The summed E-state index contributed by atoms with van der Waals surface area (Å²) in [6.45, 7) is 0.950. The first kappa shape index (κ1) is 15.8. The first-order valence-electron chi connectivity index (χ1n) is 7.11. The molecule has 0 bridgehead atoms. The number of benzene rings is 1. The van der Waals surface area contributed by atoms with Gasteiger partial charge in [-0.3, -0.25) is 4.79 Å². The Labute approximate surface area is 121 Å². The zero-order valence-corrected chi connectivity index (χ0v) is 11.7. The highest BCUT2D eigenvalue weighted by Crippen LogP contribution is 2.22. The third kappa shape index (κ3) is 5.75. The highest BCUT2D eigenvalue weighted by Gasteiger charge is 2.26. The molecule has 1 fully saturated rings. The van der Waals surface area contributed by atoms with Crippen molar-refractivity contribution in [3.05, 3.63) is 29.8 Å². The van der Waals surface area contributed by atoms with E-state index in [-0.39, 0.29) is 18.4 Å². The molecule has 6 heteroatoms. The Hall–Kier alpha value is -1.56. The lowest BCUT2D eigenvalue weighted by Crippen LogP contribution is -2.27. The molecule has 1 amide bonds. The summed E-state index contributed by atoms with van der Waals surface area (Å²) >= 11 is 0. The lowest BCUT2D eigenvalue weighted by Gasteiger charge is -2.11. The predicted octanol–water partition coefficient (Wildman–Crippen LogP) is 3.26. The highest BCUT2D eigenvalue weighted by molar-refractivity contribution is 5.91. The van der Waals surface area contributed by atoms with Gasteiger partial charge in [0, 0.05) is 24.6 Å². The molecular formula is C15H19F3N2O. The van der Waals surface area contributed by atoms with Crippen molar-refractivity contribution in [2.45, 2.75) is 44.3 Å². The van der Waals surface area contributed by atoms with Crippen molar-refractivity contribution in [1.29, 1.82) is 0 Å². The van der Waals surface area contributed by atoms with Crippen LogP contribution in [0, 0.1) is 0 Å². The molecule has 0 radical (unpaired) electrons. The predicted molar refractivity (Wildman–Crippen MR) is 75.1 cm³/mol. The summed E-state index contributed by atoms with van der Waals surface area (Å²) in [7, 11) is 0. The standard InChI is InChI=1S/C15H19F3N2O/c16-15(17,18)8-7-11-3-5-12(6-4-11)20-14(21)10-13-2-1-9-19-13/h3-6,13,19H,1-2,7-10H2,(H,20,21). The van der Waals surface area contributed by atoms with E-state index in [1.807, 2.05) is 0 Å². The van der Waals surface area contributed by atoms with Crippen molar-refractivity contribution in [1.82, 2.24) is 5.32 Å². The number of halogens is 3. The molecule has 3 nitrogen and oxygen atoms in total. The van der Waals surface area contributed by atoms with Crippen molar-refractivity contribution >= 4 is 11.6 Å². The minimum absolute atomic E-state index is 0.0380. The summed E-state index contributed by atoms with van der Waals surface area (Å²) < 4.78 is 36.4. The number of rotatable bonds is 5. The van der Waals surface area contributed by atoms with E-state index in [2.05, 4.69) is 10.6 Å². The number of nitrogens with one attached hydrogen (secondary N) is 2. The van der Waals surface area contributed by atoms with Gasteiger partial charge < -0.3 is 10.6 Å². The first-order chi connectivity index (χ1) is 9.92. The highest BCUT2D eigenvalue weighted by atomic mass is 19.4. The smallest absolute Gasteiger partial charge is 0.326 e. The molecule has 1 aromatic carbocycles. The van der Waals surface area contributed by atoms with Crippen LogP contribution < -0.4 is 10.6 Å². The minimum atomic E-state index is -4.14. The molecule has 2 N–H and O–H groups in total. The van der Waals surface area contributed by atoms with Crippen LogP contribution >= 0.6 is 0 Å². The molecule has 1 saturated heterocycles. The second-order valence-electron chi connectivity index (χ2n) is 5.36. The number of anilines is 1. The van der Waals surface area contributed by atoms with Gasteiger partial charge >= 0.3 is 6.18 Å². The Kier molecular flexibility index (Phi) is 5.22. The average Bonchev–Trinajstić information content (AvgIpc) is 2.89. The quantitative estimate of drug-likeness (QED) is 0.876. The number of carbonyl (C=O) groups excluding carboxylic acids is 1. The maximum atomic E-state index is 12.1. The van der Waals surface area contributed by atoms with Gasteiger partial charge in [0.25, 0.3) is 0 Å². The normalized spacial score (nSPS) is 18.7. The van der Waals surface area contributed by atoms with Gasteiger partial charge in [0.2, 0.25) is 5.91 Å². The second-order valence-corrected chi connectivity index (χ2v) is 5.36. The monoisotopic (exact) mass is 300 g/mol. The summed E-state index contributed by atoms with van der Waals surface area (Å²) in [6.07, 6.45) is -2.48. The van der Waals surface area contributed by atoms with E-state index in [1.54, 1.807) is 24.3 Å². The van der Waals surface area contributed by atoms with Gasteiger partial charge in [-0.25, -0.2) is 0 Å². The van der Waals surface area contributed by atoms with E-state index in [9.17, 15) is 18.0 Å². The Morgan fingerprint density at radius 2 is 2.00 bits per heavy atom. The number of hydrogen-bond acceptors (Lipinski definition) is 2. The van der Waals surface area contributed by atoms with Crippen LogP contribution in [-0.4, -0.2) is 24.7 Å². The summed E-state index contributed by atoms with van der Waals surface area (Å²) in [5.74, 6) is -0.0718. The summed E-state index contributed by atoms with van der Waals surface area (Å²) in [6, 6.07) is 6.76. The van der Waals surface area contributed by atoms with Gasteiger partial charge in [-0.15, -0.1) is 0 Å². The zero-order chi connectivity index (χ0) is 15.3. The average molecular weight is 300 g/mol. The molecule has 1 aromatic rings. The summed E-state index contributed by atoms with van der Waals surface area (Å²) in [4.78, 5) is 11.8. The molecule has 0 aromatic heterocycles. The van der Waals surface area contributed by atoms with Gasteiger partial charge in [-0.05, 0) is 43.5 Å². The molecule has 0 saturated carbocycles. The van der Waals surface area contributed by atoms with Crippen LogP contribution in [0.4, 0.5) is 18.9 Å². The van der Waals surface area contributed by atoms with Crippen molar-refractivity contribution in [3.63, 3.8) is 0 Å². The Morgan fingerprint density at radius 1 is 1.29 bits per heavy atom. The number of hydrogen-bond donors (Lipinski definition) is 2. The fourth-order valence-electron chi connectivity index (χ4n) is 2.41. The van der Waals surface area contributed by atoms with E-state index in [4.69, 9.17) is 0 Å². The lowest BCUT2D eigenvalue weighted by molar-refractivity contribution is -0.134. The fraction of sp³-hybridized carbons (Fsp3) is 0.533. The van der Waals surface area contributed by atoms with Crippen LogP contribution in [-0.2, 0) is 11.2 Å². The van der Waals surface area contributed by atoms with Crippen LogP contribution in [0.25, 0.3) is 0 Å². The van der Waals surface area contributed by atoms with E-state index < -0.39 is 12.6 Å². The van der Waals surface area contributed by atoms with Gasteiger partial charge in [-0.1, -0.05) is 12.1 Å². The molecule has 1 atom stereocenters. The van der Waals surface area contributed by atoms with Crippen LogP contribution in [0.5, 0.6) is 0 Å². The first-order valence-corrected chi connectivity index (χ1v) is 7.11. The van der Waals surface area contributed by atoms with E-state index in [1.165, 1.54) is 0 Å². The lowest BCUT2D eigenvalue weighted by atomic mass is 10.1. The Balaban J connectivity index is 1.80. The molecule has 1 unspecified atom stereocenters. The third-order valence-electron chi connectivity index (χ3n) is 3.53. The van der Waals surface area contributed by atoms with Gasteiger partial charge in [-0.2, -0.15) is 13.2 Å². The summed E-state index contributed by atoms with van der Waals surface area (Å²) in [5, 5.41) is 6.01. The molecule has 1 heterocycles. The van der Waals surface area contributed by atoms with Gasteiger partial charge in [0.15, 0.2) is 0 Å². The van der Waals surface area contributed by atoms with Crippen molar-refractivity contribution in [2.75, 3.05) is 11.9 Å². The second kappa shape index (κ2) is 6.93. The SMILES string of the molecule is O=C(CC1CCCN1)Nc1ccc(CCC(F)(F)F)cc1. The summed E-state index contributed by atoms with van der Waals surface area (Å²) in [5.41, 5.74) is 1.23. The molecular weight excluding hydrogens is 281 g/mol. The molecule has 2 rings (SSSR count).